The van der Waals surface area contributed by atoms with Gasteiger partial charge >= 0.3 is 0 Å². The summed E-state index contributed by atoms with van der Waals surface area (Å²) in [6.45, 7) is 15.7. The molecule has 35 heavy (non-hydrogen) atoms. The van der Waals surface area contributed by atoms with E-state index in [2.05, 4.69) is 60.5 Å². The fraction of sp³-hybridized carbons (Fsp3) is 0.778. The lowest BCUT2D eigenvalue weighted by Gasteiger charge is -2.43. The molecule has 1 amide bonds. The highest BCUT2D eigenvalue weighted by Gasteiger charge is 2.31. The molecule has 0 bridgehead atoms. The van der Waals surface area contributed by atoms with Crippen molar-refractivity contribution < 1.29 is 9.53 Å². The Hall–Kier alpha value is -1.48. The molecule has 3 aliphatic rings. The van der Waals surface area contributed by atoms with Gasteiger partial charge in [-0.2, -0.15) is 5.10 Å². The van der Waals surface area contributed by atoms with Crippen molar-refractivity contribution in [2.45, 2.75) is 110 Å². The van der Waals surface area contributed by atoms with Gasteiger partial charge in [0.05, 0.1) is 28.8 Å². The van der Waals surface area contributed by atoms with Gasteiger partial charge in [-0.3, -0.25) is 19.3 Å². The predicted octanol–water partition coefficient (Wildman–Crippen LogP) is 4.60. The molecule has 1 aliphatic carbocycles. The number of amides is 1. The second-order valence-electron chi connectivity index (χ2n) is 11.4. The van der Waals surface area contributed by atoms with E-state index in [1.54, 1.807) is 11.3 Å². The number of nitrogens with zero attached hydrogens (tertiary/aromatic N) is 4. The number of carbonyl (C=O) groups is 1. The maximum absolute atomic E-state index is 13.2. The summed E-state index contributed by atoms with van der Waals surface area (Å²) in [5, 5.41) is 9.34. The molecular formula is C27H43N5O2S. The van der Waals surface area contributed by atoms with E-state index in [1.165, 1.54) is 39.0 Å². The number of piperazine rings is 1. The lowest BCUT2D eigenvalue weighted by molar-refractivity contribution is -0.0498. The molecular weight excluding hydrogens is 458 g/mol. The Labute approximate surface area is 214 Å². The molecule has 7 nitrogen and oxygen atoms in total. The topological polar surface area (TPSA) is 62.6 Å². The van der Waals surface area contributed by atoms with Crippen molar-refractivity contribution in [2.24, 2.45) is 0 Å². The molecule has 2 aromatic rings. The summed E-state index contributed by atoms with van der Waals surface area (Å²) in [4.78, 5) is 20.4. The molecule has 0 spiro atoms. The quantitative estimate of drug-likeness (QED) is 0.649. The van der Waals surface area contributed by atoms with Gasteiger partial charge in [0, 0.05) is 49.7 Å². The van der Waals surface area contributed by atoms with Crippen LogP contribution in [-0.4, -0.2) is 82.0 Å². The Kier molecular flexibility index (Phi) is 7.54. The molecule has 2 saturated heterocycles. The van der Waals surface area contributed by atoms with Crippen molar-refractivity contribution in [3.05, 3.63) is 16.6 Å². The first-order valence-electron chi connectivity index (χ1n) is 13.7. The molecule has 2 aliphatic heterocycles. The van der Waals surface area contributed by atoms with Gasteiger partial charge in [-0.1, -0.05) is 0 Å². The first-order chi connectivity index (χ1) is 16.8. The van der Waals surface area contributed by atoms with Crippen molar-refractivity contribution in [1.29, 1.82) is 0 Å². The number of carbonyl (C=O) groups excluding carboxylic acids is 1. The second kappa shape index (κ2) is 10.5. The molecule has 0 aromatic carbocycles. The largest absolute Gasteiger partial charge is 0.375 e. The van der Waals surface area contributed by atoms with Crippen LogP contribution in [0.25, 0.3) is 10.2 Å². The van der Waals surface area contributed by atoms with Gasteiger partial charge in [-0.05, 0) is 79.2 Å². The van der Waals surface area contributed by atoms with Crippen LogP contribution in [-0.2, 0) is 4.74 Å². The number of ether oxygens (including phenoxy) is 1. The molecule has 3 atom stereocenters. The number of hydrogen-bond donors (Lipinski definition) is 1. The highest BCUT2D eigenvalue weighted by atomic mass is 32.1. The zero-order valence-electron chi connectivity index (χ0n) is 22.1. The minimum Gasteiger partial charge on any atom is -0.375 e. The van der Waals surface area contributed by atoms with Crippen LogP contribution >= 0.6 is 11.3 Å². The van der Waals surface area contributed by atoms with Gasteiger partial charge in [0.2, 0.25) is 0 Å². The smallest absolute Gasteiger partial charge is 0.261 e. The van der Waals surface area contributed by atoms with Gasteiger partial charge < -0.3 is 10.1 Å². The first-order valence-corrected chi connectivity index (χ1v) is 14.5. The minimum atomic E-state index is 0.0832. The van der Waals surface area contributed by atoms with Crippen LogP contribution in [0.1, 0.15) is 87.6 Å². The lowest BCUT2D eigenvalue weighted by Crippen LogP contribution is -2.53. The summed E-state index contributed by atoms with van der Waals surface area (Å²) in [5.41, 5.74) is 1.01. The van der Waals surface area contributed by atoms with Crippen molar-refractivity contribution >= 4 is 27.5 Å². The molecule has 0 radical (unpaired) electrons. The zero-order valence-corrected chi connectivity index (χ0v) is 22.9. The summed E-state index contributed by atoms with van der Waals surface area (Å²) in [7, 11) is 0. The molecule has 2 aromatic heterocycles. The van der Waals surface area contributed by atoms with E-state index in [0.29, 0.717) is 18.1 Å². The third-order valence-electron chi connectivity index (χ3n) is 8.44. The van der Waals surface area contributed by atoms with Crippen LogP contribution in [0, 0.1) is 6.92 Å². The van der Waals surface area contributed by atoms with Crippen molar-refractivity contribution in [3.8, 4) is 0 Å². The van der Waals surface area contributed by atoms with Crippen LogP contribution < -0.4 is 5.32 Å². The number of hydrogen-bond acceptors (Lipinski definition) is 6. The summed E-state index contributed by atoms with van der Waals surface area (Å²) in [6, 6.07) is 4.00. The van der Waals surface area contributed by atoms with Crippen LogP contribution in [0.3, 0.4) is 0 Å². The third kappa shape index (κ3) is 5.45. The van der Waals surface area contributed by atoms with Gasteiger partial charge in [-0.15, -0.1) is 11.3 Å². The van der Waals surface area contributed by atoms with Crippen molar-refractivity contribution in [3.63, 3.8) is 0 Å². The number of nitrogens with one attached hydrogen (secondary N) is 1. The summed E-state index contributed by atoms with van der Waals surface area (Å²) in [6.07, 6.45) is 6.94. The van der Waals surface area contributed by atoms with E-state index >= 15 is 0 Å². The maximum atomic E-state index is 13.2. The van der Waals surface area contributed by atoms with Crippen LogP contribution in [0.2, 0.25) is 0 Å². The zero-order chi connectivity index (χ0) is 24.7. The van der Waals surface area contributed by atoms with Crippen molar-refractivity contribution in [2.75, 3.05) is 26.2 Å². The molecule has 3 fully saturated rings. The lowest BCUT2D eigenvalue weighted by atomic mass is 9.89. The normalized spacial score (nSPS) is 31.3. The maximum Gasteiger partial charge on any atom is 0.261 e. The molecule has 1 unspecified atom stereocenters. The predicted molar refractivity (Wildman–Crippen MR) is 142 cm³/mol. The van der Waals surface area contributed by atoms with Gasteiger partial charge in [0.15, 0.2) is 0 Å². The first kappa shape index (κ1) is 25.2. The standard InChI is InChI=1S/C27H43N5O2S/c1-17(2)30-10-12-31(13-11-30)22-8-6-21(7-9-22)28-26(33)25-16-24-20(5)29-32(27(24)35-25)23-14-18(3)34-19(4)15-23/h16-19,21-23H,6-15H2,1-5H3,(H,28,33)/t18-,19+,21?,22?,23?. The summed E-state index contributed by atoms with van der Waals surface area (Å²) in [5.74, 6) is 0.0832. The van der Waals surface area contributed by atoms with E-state index < -0.39 is 0 Å². The molecule has 1 N–H and O–H groups in total. The van der Waals surface area contributed by atoms with E-state index in [-0.39, 0.29) is 24.2 Å². The fourth-order valence-electron chi connectivity index (χ4n) is 6.46. The average molecular weight is 502 g/mol. The Morgan fingerprint density at radius 3 is 2.34 bits per heavy atom. The molecule has 194 valence electrons. The van der Waals surface area contributed by atoms with E-state index in [9.17, 15) is 4.79 Å². The Bertz CT molecular complexity index is 1010. The van der Waals surface area contributed by atoms with Crippen LogP contribution in [0.4, 0.5) is 0 Å². The Morgan fingerprint density at radius 1 is 1.06 bits per heavy atom. The third-order valence-corrected chi connectivity index (χ3v) is 9.56. The van der Waals surface area contributed by atoms with Gasteiger partial charge in [0.1, 0.15) is 4.83 Å². The molecule has 4 heterocycles. The molecule has 8 heteroatoms. The molecule has 5 rings (SSSR count). The Balaban J connectivity index is 1.18. The average Bonchev–Trinajstić information content (AvgIpc) is 3.40. The Morgan fingerprint density at radius 2 is 1.71 bits per heavy atom. The number of aromatic nitrogens is 2. The van der Waals surface area contributed by atoms with Gasteiger partial charge in [0.25, 0.3) is 5.91 Å². The van der Waals surface area contributed by atoms with E-state index in [4.69, 9.17) is 9.84 Å². The van der Waals surface area contributed by atoms with Crippen LogP contribution in [0.15, 0.2) is 6.07 Å². The highest BCUT2D eigenvalue weighted by Crippen LogP contribution is 2.36. The monoisotopic (exact) mass is 501 g/mol. The summed E-state index contributed by atoms with van der Waals surface area (Å²) < 4.78 is 8.11. The fourth-order valence-corrected chi connectivity index (χ4v) is 7.60. The number of aryl methyl sites for hydroxylation is 1. The second-order valence-corrected chi connectivity index (χ2v) is 12.4. The summed E-state index contributed by atoms with van der Waals surface area (Å²) >= 11 is 1.60. The van der Waals surface area contributed by atoms with Crippen molar-refractivity contribution in [1.82, 2.24) is 24.9 Å². The molecule has 1 saturated carbocycles. The van der Waals surface area contributed by atoms with Crippen LogP contribution in [0.5, 0.6) is 0 Å². The van der Waals surface area contributed by atoms with Gasteiger partial charge in [-0.25, -0.2) is 0 Å². The highest BCUT2D eigenvalue weighted by molar-refractivity contribution is 7.20. The van der Waals surface area contributed by atoms with E-state index in [1.807, 2.05) is 0 Å². The number of fused-ring (bicyclic) bond motifs is 1. The van der Waals surface area contributed by atoms with E-state index in [0.717, 1.165) is 46.5 Å². The number of rotatable bonds is 5. The number of thiophene rings is 1. The minimum absolute atomic E-state index is 0.0832. The SMILES string of the molecule is Cc1nn(C2C[C@@H](C)O[C@@H](C)C2)c2sc(C(=O)NC3CCC(N4CCN(C(C)C)CC4)CC3)cc12.